The molecule has 0 unspecified atom stereocenters. The van der Waals surface area contributed by atoms with E-state index in [0.717, 1.165) is 11.1 Å². The van der Waals surface area contributed by atoms with Crippen molar-refractivity contribution in [3.63, 3.8) is 0 Å². The Morgan fingerprint density at radius 1 is 0.962 bits per heavy atom. The molecule has 8 heteroatoms. The minimum absolute atomic E-state index is 0.0823. The first-order chi connectivity index (χ1) is 12.1. The molecule has 2 aromatic carbocycles. The monoisotopic (exact) mass is 387 g/mol. The highest BCUT2D eigenvalue weighted by atomic mass is 32.2. The smallest absolute Gasteiger partial charge is 0.367 e. The van der Waals surface area contributed by atoms with E-state index in [1.165, 1.54) is 0 Å². The van der Waals surface area contributed by atoms with Crippen LogP contribution in [0.25, 0.3) is 0 Å². The molecule has 142 valence electrons. The van der Waals surface area contributed by atoms with Crippen molar-refractivity contribution < 1.29 is 26.3 Å². The number of alkyl halides is 3. The molecule has 0 aliphatic carbocycles. The van der Waals surface area contributed by atoms with Gasteiger partial charge in [0.1, 0.15) is 6.61 Å². The molecule has 2 rings (SSSR count). The fourth-order valence-electron chi connectivity index (χ4n) is 2.18. The van der Waals surface area contributed by atoms with Crippen LogP contribution in [0.4, 0.5) is 13.2 Å². The molecule has 0 amide bonds. The topological polar surface area (TPSA) is 55.4 Å². The molecule has 4 nitrogen and oxygen atoms in total. The Bertz CT molecular complexity index is 847. The van der Waals surface area contributed by atoms with E-state index in [2.05, 4.69) is 9.46 Å². The molecule has 26 heavy (non-hydrogen) atoms. The number of hydrogen-bond acceptors (Lipinski definition) is 3. The van der Waals surface area contributed by atoms with Gasteiger partial charge >= 0.3 is 6.18 Å². The van der Waals surface area contributed by atoms with E-state index in [1.807, 2.05) is 13.8 Å². The minimum Gasteiger partial charge on any atom is -0.367 e. The Labute approximate surface area is 151 Å². The largest absolute Gasteiger partial charge is 0.411 e. The number of aryl methyl sites for hydroxylation is 2. The highest BCUT2D eigenvalue weighted by molar-refractivity contribution is 7.89. The van der Waals surface area contributed by atoms with Crippen molar-refractivity contribution in [1.29, 1.82) is 0 Å². The summed E-state index contributed by atoms with van der Waals surface area (Å²) in [5.74, 6) is 0. The molecule has 2 aromatic rings. The summed E-state index contributed by atoms with van der Waals surface area (Å²) in [6.45, 7) is 2.37. The van der Waals surface area contributed by atoms with Crippen molar-refractivity contribution in [3.05, 3.63) is 64.7 Å². The molecule has 0 aliphatic heterocycles. The van der Waals surface area contributed by atoms with Gasteiger partial charge in [-0.2, -0.15) is 13.2 Å². The van der Waals surface area contributed by atoms with Crippen LogP contribution in [0, 0.1) is 13.8 Å². The number of benzene rings is 2. The number of nitrogens with one attached hydrogen (secondary N) is 1. The Morgan fingerprint density at radius 2 is 1.58 bits per heavy atom. The lowest BCUT2D eigenvalue weighted by molar-refractivity contribution is -0.176. The SMILES string of the molecule is Cc1ccc(S(=O)(=O)NCc2ccc(COCC(F)(F)F)cc2)cc1C. The van der Waals surface area contributed by atoms with Gasteiger partial charge in [0.25, 0.3) is 0 Å². The van der Waals surface area contributed by atoms with Gasteiger partial charge in [-0.3, -0.25) is 0 Å². The molecule has 0 aliphatic rings. The molecule has 0 saturated carbocycles. The average Bonchev–Trinajstić information content (AvgIpc) is 2.55. The van der Waals surface area contributed by atoms with Crippen molar-refractivity contribution in [3.8, 4) is 0 Å². The van der Waals surface area contributed by atoms with E-state index >= 15 is 0 Å². The minimum atomic E-state index is -4.35. The number of ether oxygens (including phenoxy) is 1. The maximum Gasteiger partial charge on any atom is 0.411 e. The van der Waals surface area contributed by atoms with Crippen LogP contribution in [0.5, 0.6) is 0 Å². The van der Waals surface area contributed by atoms with Gasteiger partial charge < -0.3 is 4.74 Å². The first-order valence-electron chi connectivity index (χ1n) is 7.86. The van der Waals surface area contributed by atoms with Gasteiger partial charge in [0.2, 0.25) is 10.0 Å². The van der Waals surface area contributed by atoms with Gasteiger partial charge in [-0.15, -0.1) is 0 Å². The zero-order chi connectivity index (χ0) is 19.4. The predicted octanol–water partition coefficient (Wildman–Crippen LogP) is 3.86. The van der Waals surface area contributed by atoms with Crippen LogP contribution in [0.2, 0.25) is 0 Å². The summed E-state index contributed by atoms with van der Waals surface area (Å²) in [5.41, 5.74) is 3.16. The molecule has 0 atom stereocenters. The third kappa shape index (κ3) is 6.12. The summed E-state index contributed by atoms with van der Waals surface area (Å²) >= 11 is 0. The number of rotatable bonds is 7. The maximum atomic E-state index is 12.3. The van der Waals surface area contributed by atoms with Crippen LogP contribution < -0.4 is 4.72 Å². The Kier molecular flexibility index (Phi) is 6.44. The lowest BCUT2D eigenvalue weighted by Crippen LogP contribution is -2.23. The standard InChI is InChI=1S/C18H20F3NO3S/c1-13-3-8-17(9-14(13)2)26(23,24)22-10-15-4-6-16(7-5-15)11-25-12-18(19,20)21/h3-9,22H,10-12H2,1-2H3. The van der Waals surface area contributed by atoms with E-state index in [0.29, 0.717) is 11.1 Å². The Morgan fingerprint density at radius 3 is 2.15 bits per heavy atom. The van der Waals surface area contributed by atoms with Crippen molar-refractivity contribution in [2.45, 2.75) is 38.1 Å². The van der Waals surface area contributed by atoms with Crippen molar-refractivity contribution in [2.75, 3.05) is 6.61 Å². The van der Waals surface area contributed by atoms with E-state index < -0.39 is 22.8 Å². The molecule has 0 bridgehead atoms. The fourth-order valence-corrected chi connectivity index (χ4v) is 3.28. The number of sulfonamides is 1. The summed E-state index contributed by atoms with van der Waals surface area (Å²) in [4.78, 5) is 0.192. The number of hydrogen-bond donors (Lipinski definition) is 1. The van der Waals surface area contributed by atoms with Crippen molar-refractivity contribution in [1.82, 2.24) is 4.72 Å². The zero-order valence-electron chi connectivity index (χ0n) is 14.4. The van der Waals surface area contributed by atoms with E-state index in [-0.39, 0.29) is 18.0 Å². The highest BCUT2D eigenvalue weighted by Crippen LogP contribution is 2.17. The first-order valence-corrected chi connectivity index (χ1v) is 9.34. The molecule has 0 aromatic heterocycles. The zero-order valence-corrected chi connectivity index (χ0v) is 15.2. The third-order valence-electron chi connectivity index (χ3n) is 3.81. The number of halogens is 3. The van der Waals surface area contributed by atoms with Crippen LogP contribution in [-0.4, -0.2) is 21.2 Å². The van der Waals surface area contributed by atoms with Gasteiger partial charge in [-0.05, 0) is 48.2 Å². The normalized spacial score (nSPS) is 12.3. The summed E-state index contributed by atoms with van der Waals surface area (Å²) in [7, 11) is -3.64. The molecule has 0 radical (unpaired) electrons. The quantitative estimate of drug-likeness (QED) is 0.785. The molecular weight excluding hydrogens is 367 g/mol. The van der Waals surface area contributed by atoms with Gasteiger partial charge in [-0.25, -0.2) is 13.1 Å². The first kappa shape index (κ1) is 20.4. The Hall–Kier alpha value is -1.90. The molecular formula is C18H20F3NO3S. The van der Waals surface area contributed by atoms with Crippen LogP contribution in [0.1, 0.15) is 22.3 Å². The molecule has 1 N–H and O–H groups in total. The summed E-state index contributed by atoms with van der Waals surface area (Å²) < 4.78 is 67.9. The fraction of sp³-hybridized carbons (Fsp3) is 0.333. The van der Waals surface area contributed by atoms with Crippen LogP contribution in [0.15, 0.2) is 47.4 Å². The van der Waals surface area contributed by atoms with Crippen molar-refractivity contribution >= 4 is 10.0 Å². The second-order valence-electron chi connectivity index (χ2n) is 6.00. The molecule has 0 saturated heterocycles. The summed E-state index contributed by atoms with van der Waals surface area (Å²) in [6.07, 6.45) is -4.35. The third-order valence-corrected chi connectivity index (χ3v) is 5.21. The van der Waals surface area contributed by atoms with Gasteiger partial charge in [0.05, 0.1) is 11.5 Å². The summed E-state index contributed by atoms with van der Waals surface area (Å²) in [6, 6.07) is 11.4. The predicted molar refractivity (Wildman–Crippen MR) is 92.1 cm³/mol. The van der Waals surface area contributed by atoms with Gasteiger partial charge in [0.15, 0.2) is 0 Å². The second-order valence-corrected chi connectivity index (χ2v) is 7.76. The molecule has 0 fully saturated rings. The average molecular weight is 387 g/mol. The van der Waals surface area contributed by atoms with E-state index in [4.69, 9.17) is 0 Å². The highest BCUT2D eigenvalue weighted by Gasteiger charge is 2.27. The van der Waals surface area contributed by atoms with Crippen molar-refractivity contribution in [2.24, 2.45) is 0 Å². The lowest BCUT2D eigenvalue weighted by atomic mass is 10.1. The van der Waals surface area contributed by atoms with E-state index in [9.17, 15) is 21.6 Å². The summed E-state index contributed by atoms with van der Waals surface area (Å²) in [5, 5.41) is 0. The van der Waals surface area contributed by atoms with Gasteiger partial charge in [-0.1, -0.05) is 30.3 Å². The van der Waals surface area contributed by atoms with Crippen LogP contribution in [-0.2, 0) is 27.9 Å². The van der Waals surface area contributed by atoms with Crippen LogP contribution >= 0.6 is 0 Å². The molecule has 0 heterocycles. The molecule has 0 spiro atoms. The van der Waals surface area contributed by atoms with Crippen LogP contribution in [0.3, 0.4) is 0 Å². The maximum absolute atomic E-state index is 12.3. The second kappa shape index (κ2) is 8.20. The van der Waals surface area contributed by atoms with Gasteiger partial charge in [0, 0.05) is 6.54 Å². The van der Waals surface area contributed by atoms with E-state index in [1.54, 1.807) is 42.5 Å². The lowest BCUT2D eigenvalue weighted by Gasteiger charge is -2.10. The Balaban J connectivity index is 1.93.